The Balaban J connectivity index is 1.91. The van der Waals surface area contributed by atoms with E-state index in [-0.39, 0.29) is 16.9 Å². The monoisotopic (exact) mass is 383 g/mol. The fourth-order valence-electron chi connectivity index (χ4n) is 3.74. The van der Waals surface area contributed by atoms with E-state index in [1.165, 1.54) is 0 Å². The number of allylic oxidation sites excluding steroid dienone is 1. The predicted octanol–water partition coefficient (Wildman–Crippen LogP) is 5.03. The molecule has 136 valence electrons. The van der Waals surface area contributed by atoms with E-state index in [4.69, 9.17) is 32.7 Å². The highest BCUT2D eigenvalue weighted by molar-refractivity contribution is 6.42. The number of hydrogen-bond acceptors (Lipinski definition) is 3. The van der Waals surface area contributed by atoms with Gasteiger partial charge in [0.1, 0.15) is 5.60 Å². The van der Waals surface area contributed by atoms with E-state index in [2.05, 4.69) is 6.08 Å². The maximum absolute atomic E-state index is 12.4. The minimum Gasteiger partial charge on any atom is -0.443 e. The second-order valence-electron chi connectivity index (χ2n) is 7.91. The summed E-state index contributed by atoms with van der Waals surface area (Å²) in [6, 6.07) is 5.73. The molecule has 1 aromatic carbocycles. The predicted molar refractivity (Wildman–Crippen MR) is 99.1 cm³/mol. The third-order valence-electron chi connectivity index (χ3n) is 4.93. The molecule has 2 atom stereocenters. The molecule has 0 aromatic heterocycles. The van der Waals surface area contributed by atoms with E-state index in [9.17, 15) is 4.79 Å². The largest absolute Gasteiger partial charge is 0.443 e. The standard InChI is InChI=1S/C19H23Cl2NO3/c1-17(2,3)25-16(23)22-8-7-19(10-18(19,11-22)12-24-4)13-5-6-14(20)15(21)9-13/h5-9H,10-12H2,1-4H3/t18?,19-/m1/s1. The summed E-state index contributed by atoms with van der Waals surface area (Å²) in [7, 11) is 1.68. The second kappa shape index (κ2) is 6.19. The van der Waals surface area contributed by atoms with Crippen molar-refractivity contribution in [2.24, 2.45) is 5.41 Å². The van der Waals surface area contributed by atoms with Crippen LogP contribution in [0.2, 0.25) is 10.0 Å². The van der Waals surface area contributed by atoms with E-state index in [0.717, 1.165) is 12.0 Å². The number of benzene rings is 1. The van der Waals surface area contributed by atoms with Gasteiger partial charge < -0.3 is 9.47 Å². The van der Waals surface area contributed by atoms with Crippen molar-refractivity contribution in [2.75, 3.05) is 20.3 Å². The maximum Gasteiger partial charge on any atom is 0.414 e. The van der Waals surface area contributed by atoms with Gasteiger partial charge in [-0.05, 0) is 44.9 Å². The summed E-state index contributed by atoms with van der Waals surface area (Å²) >= 11 is 12.3. The zero-order chi connectivity index (χ0) is 18.5. The van der Waals surface area contributed by atoms with Crippen LogP contribution in [0.25, 0.3) is 0 Å². The van der Waals surface area contributed by atoms with Crippen LogP contribution in [-0.2, 0) is 14.9 Å². The summed E-state index contributed by atoms with van der Waals surface area (Å²) in [5.41, 5.74) is 0.209. The molecule has 1 aromatic rings. The van der Waals surface area contributed by atoms with Crippen molar-refractivity contribution in [2.45, 2.75) is 38.2 Å². The molecule has 4 nitrogen and oxygen atoms in total. The van der Waals surface area contributed by atoms with Crippen molar-refractivity contribution in [3.05, 3.63) is 46.1 Å². The van der Waals surface area contributed by atoms with Crippen molar-refractivity contribution in [1.29, 1.82) is 0 Å². The van der Waals surface area contributed by atoms with Gasteiger partial charge in [0.2, 0.25) is 0 Å². The molecule has 0 N–H and O–H groups in total. The lowest BCUT2D eigenvalue weighted by Crippen LogP contribution is -2.42. The fraction of sp³-hybridized carbons (Fsp3) is 0.526. The molecule has 2 aliphatic rings. The Morgan fingerprint density at radius 2 is 2.00 bits per heavy atom. The number of nitrogens with zero attached hydrogens (tertiary/aromatic N) is 1. The molecule has 0 spiro atoms. The number of methoxy groups -OCH3 is 1. The fourth-order valence-corrected chi connectivity index (χ4v) is 4.04. The molecule has 1 aliphatic carbocycles. The SMILES string of the molecule is COCC12CN(C(=O)OC(C)(C)C)C=C[C@]1(c1ccc(Cl)c(Cl)c1)C2. The summed E-state index contributed by atoms with van der Waals surface area (Å²) in [6.45, 7) is 6.69. The van der Waals surface area contributed by atoms with Crippen molar-refractivity contribution < 1.29 is 14.3 Å². The van der Waals surface area contributed by atoms with E-state index in [0.29, 0.717) is 23.2 Å². The van der Waals surface area contributed by atoms with Gasteiger partial charge in [0.15, 0.2) is 0 Å². The maximum atomic E-state index is 12.4. The van der Waals surface area contributed by atoms with Crippen LogP contribution in [0.5, 0.6) is 0 Å². The Bertz CT molecular complexity index is 728. The van der Waals surface area contributed by atoms with Gasteiger partial charge in [0.25, 0.3) is 0 Å². The minimum atomic E-state index is -0.527. The minimum absolute atomic E-state index is 0.176. The average Bonchev–Trinajstić information content (AvgIpc) is 3.17. The Morgan fingerprint density at radius 1 is 1.28 bits per heavy atom. The van der Waals surface area contributed by atoms with E-state index in [1.807, 2.05) is 45.2 Å². The van der Waals surface area contributed by atoms with Gasteiger partial charge >= 0.3 is 6.09 Å². The first-order chi connectivity index (χ1) is 11.6. The van der Waals surface area contributed by atoms with Gasteiger partial charge in [-0.2, -0.15) is 0 Å². The lowest BCUT2D eigenvalue weighted by atomic mass is 9.84. The van der Waals surface area contributed by atoms with Crippen LogP contribution in [0, 0.1) is 5.41 Å². The molecular weight excluding hydrogens is 361 g/mol. The van der Waals surface area contributed by atoms with Crippen LogP contribution >= 0.6 is 23.2 Å². The van der Waals surface area contributed by atoms with Gasteiger partial charge in [0, 0.05) is 30.7 Å². The first kappa shape index (κ1) is 18.6. The molecule has 1 unspecified atom stereocenters. The van der Waals surface area contributed by atoms with Gasteiger partial charge in [-0.1, -0.05) is 35.3 Å². The molecule has 1 saturated carbocycles. The van der Waals surface area contributed by atoms with Crippen LogP contribution in [0.4, 0.5) is 4.79 Å². The molecule has 1 heterocycles. The molecule has 0 bridgehead atoms. The Kier molecular flexibility index (Phi) is 4.59. The first-order valence-corrected chi connectivity index (χ1v) is 9.02. The number of carbonyl (C=O) groups is 1. The smallest absolute Gasteiger partial charge is 0.414 e. The summed E-state index contributed by atoms with van der Waals surface area (Å²) in [5.74, 6) is 0. The molecule has 25 heavy (non-hydrogen) atoms. The van der Waals surface area contributed by atoms with Gasteiger partial charge in [-0.3, -0.25) is 4.90 Å². The number of ether oxygens (including phenoxy) is 2. The number of hydrogen-bond donors (Lipinski definition) is 0. The Labute approximate surface area is 158 Å². The highest BCUT2D eigenvalue weighted by Crippen LogP contribution is 2.67. The van der Waals surface area contributed by atoms with Crippen molar-refractivity contribution >= 4 is 29.3 Å². The van der Waals surface area contributed by atoms with Crippen LogP contribution in [0.3, 0.4) is 0 Å². The summed E-state index contributed by atoms with van der Waals surface area (Å²) in [6.07, 6.45) is 4.44. The van der Waals surface area contributed by atoms with Crippen LogP contribution in [0.15, 0.2) is 30.5 Å². The van der Waals surface area contributed by atoms with Crippen molar-refractivity contribution in [3.8, 4) is 0 Å². The van der Waals surface area contributed by atoms with Crippen molar-refractivity contribution in [3.63, 3.8) is 0 Å². The molecule has 1 aliphatic heterocycles. The highest BCUT2D eigenvalue weighted by Gasteiger charge is 2.69. The quantitative estimate of drug-likeness (QED) is 0.734. The zero-order valence-corrected chi connectivity index (χ0v) is 16.4. The number of fused-ring (bicyclic) bond motifs is 1. The number of amides is 1. The van der Waals surface area contributed by atoms with Crippen LogP contribution in [-0.4, -0.2) is 36.9 Å². The highest BCUT2D eigenvalue weighted by atomic mass is 35.5. The normalized spacial score (nSPS) is 27.8. The first-order valence-electron chi connectivity index (χ1n) is 8.26. The van der Waals surface area contributed by atoms with Crippen LogP contribution in [0.1, 0.15) is 32.8 Å². The zero-order valence-electron chi connectivity index (χ0n) is 14.9. The molecule has 3 rings (SSSR count). The summed E-state index contributed by atoms with van der Waals surface area (Å²) in [4.78, 5) is 14.1. The molecule has 0 radical (unpaired) electrons. The number of carbonyl (C=O) groups excluding carboxylic acids is 1. The molecule has 6 heteroatoms. The lowest BCUT2D eigenvalue weighted by molar-refractivity contribution is 0.0238. The van der Waals surface area contributed by atoms with Gasteiger partial charge in [-0.25, -0.2) is 4.79 Å². The Morgan fingerprint density at radius 3 is 2.60 bits per heavy atom. The summed E-state index contributed by atoms with van der Waals surface area (Å²) < 4.78 is 11.0. The number of rotatable bonds is 3. The topological polar surface area (TPSA) is 38.8 Å². The summed E-state index contributed by atoms with van der Waals surface area (Å²) in [5, 5.41) is 1.07. The molecule has 1 amide bonds. The Hall–Kier alpha value is -1.23. The third kappa shape index (κ3) is 3.27. The van der Waals surface area contributed by atoms with Crippen LogP contribution < -0.4 is 0 Å². The van der Waals surface area contributed by atoms with E-state index in [1.54, 1.807) is 12.0 Å². The second-order valence-corrected chi connectivity index (χ2v) is 8.73. The molecular formula is C19H23Cl2NO3. The van der Waals surface area contributed by atoms with Gasteiger partial charge in [-0.15, -0.1) is 0 Å². The van der Waals surface area contributed by atoms with Crippen molar-refractivity contribution in [1.82, 2.24) is 4.90 Å². The van der Waals surface area contributed by atoms with E-state index >= 15 is 0 Å². The van der Waals surface area contributed by atoms with E-state index < -0.39 is 5.60 Å². The lowest BCUT2D eigenvalue weighted by Gasteiger charge is -2.34. The molecule has 1 fully saturated rings. The number of halogens is 2. The molecule has 0 saturated heterocycles. The average molecular weight is 384 g/mol. The van der Waals surface area contributed by atoms with Gasteiger partial charge in [0.05, 0.1) is 16.7 Å². The third-order valence-corrected chi connectivity index (χ3v) is 5.67.